The van der Waals surface area contributed by atoms with E-state index in [0.717, 1.165) is 32.4 Å². The number of piperidine rings is 1. The molecular weight excluding hydrogens is 418 g/mol. The molecule has 2 fully saturated rings. The molecule has 2 aromatic rings. The van der Waals surface area contributed by atoms with Crippen LogP contribution in [0, 0.1) is 11.3 Å². The molecule has 2 aliphatic heterocycles. The molecule has 0 bridgehead atoms. The predicted molar refractivity (Wildman–Crippen MR) is 116 cm³/mol. The number of amides is 1. The van der Waals surface area contributed by atoms with Crippen molar-refractivity contribution in [2.24, 2.45) is 0 Å². The van der Waals surface area contributed by atoms with Crippen LogP contribution >= 0.6 is 0 Å². The van der Waals surface area contributed by atoms with E-state index in [1.165, 1.54) is 10.5 Å². The number of carbonyl (C=O) groups is 1. The van der Waals surface area contributed by atoms with Crippen LogP contribution in [0.25, 0.3) is 11.7 Å². The van der Waals surface area contributed by atoms with E-state index in [1.807, 2.05) is 11.0 Å². The smallest absolute Gasteiger partial charge is 0.267 e. The summed E-state index contributed by atoms with van der Waals surface area (Å²) in [5, 5.41) is 12.2. The third-order valence-electron chi connectivity index (χ3n) is 5.63. The molecule has 31 heavy (non-hydrogen) atoms. The van der Waals surface area contributed by atoms with Gasteiger partial charge in [0.25, 0.3) is 11.5 Å². The van der Waals surface area contributed by atoms with Gasteiger partial charge in [-0.2, -0.15) is 5.26 Å². The molecule has 9 nitrogen and oxygen atoms in total. The summed E-state index contributed by atoms with van der Waals surface area (Å²) in [6, 6.07) is 6.56. The number of hydrogen-bond donors (Lipinski definition) is 1. The molecule has 0 aliphatic carbocycles. The fraction of sp³-hybridized carbons (Fsp3) is 0.429. The van der Waals surface area contributed by atoms with Crippen molar-refractivity contribution in [3.8, 4) is 6.07 Å². The quantitative estimate of drug-likeness (QED) is 0.552. The zero-order valence-electron chi connectivity index (χ0n) is 17.0. The van der Waals surface area contributed by atoms with E-state index < -0.39 is 21.8 Å². The second-order valence-corrected chi connectivity index (χ2v) is 10.1. The molecule has 0 aromatic carbocycles. The lowest BCUT2D eigenvalue weighted by Crippen LogP contribution is -2.36. The molecule has 162 valence electrons. The van der Waals surface area contributed by atoms with Gasteiger partial charge in [0.1, 0.15) is 23.1 Å². The molecule has 0 saturated carbocycles. The summed E-state index contributed by atoms with van der Waals surface area (Å²) in [4.78, 5) is 32.6. The molecule has 2 saturated heterocycles. The van der Waals surface area contributed by atoms with Crippen LogP contribution in [-0.4, -0.2) is 54.3 Å². The normalized spacial score (nSPS) is 21.1. The highest BCUT2D eigenvalue weighted by molar-refractivity contribution is 7.91. The van der Waals surface area contributed by atoms with Crippen molar-refractivity contribution in [2.75, 3.05) is 29.5 Å². The van der Waals surface area contributed by atoms with Crippen molar-refractivity contribution in [1.29, 1.82) is 5.26 Å². The molecule has 2 aliphatic rings. The van der Waals surface area contributed by atoms with Crippen molar-refractivity contribution in [2.45, 2.75) is 31.7 Å². The summed E-state index contributed by atoms with van der Waals surface area (Å²) in [5.41, 5.74) is 0.0493. The number of aromatic nitrogens is 2. The summed E-state index contributed by atoms with van der Waals surface area (Å²) in [6.07, 6.45) is 6.23. The van der Waals surface area contributed by atoms with Gasteiger partial charge in [-0.1, -0.05) is 6.07 Å². The number of fused-ring (bicyclic) bond motifs is 1. The fourth-order valence-corrected chi connectivity index (χ4v) is 5.70. The van der Waals surface area contributed by atoms with Crippen LogP contribution in [0.15, 0.2) is 34.8 Å². The third kappa shape index (κ3) is 4.46. The average Bonchev–Trinajstić information content (AvgIpc) is 3.11. The molecule has 4 rings (SSSR count). The summed E-state index contributed by atoms with van der Waals surface area (Å²) >= 11 is 0. The minimum absolute atomic E-state index is 0.0125. The Bertz CT molecular complexity index is 1250. The highest BCUT2D eigenvalue weighted by Crippen LogP contribution is 2.23. The first-order valence-electron chi connectivity index (χ1n) is 10.3. The van der Waals surface area contributed by atoms with E-state index in [-0.39, 0.29) is 28.2 Å². The van der Waals surface area contributed by atoms with Gasteiger partial charge in [-0.05, 0) is 43.9 Å². The number of carbonyl (C=O) groups excluding carboxylic acids is 1. The van der Waals surface area contributed by atoms with Crippen LogP contribution in [0.1, 0.15) is 31.2 Å². The number of pyridine rings is 1. The summed E-state index contributed by atoms with van der Waals surface area (Å²) in [5.74, 6) is -0.360. The average molecular weight is 442 g/mol. The van der Waals surface area contributed by atoms with Gasteiger partial charge in [-0.3, -0.25) is 14.0 Å². The van der Waals surface area contributed by atoms with Gasteiger partial charge in [-0.25, -0.2) is 13.4 Å². The molecule has 1 N–H and O–H groups in total. The molecule has 10 heteroatoms. The molecular formula is C21H23N5O4S. The van der Waals surface area contributed by atoms with Crippen LogP contribution < -0.4 is 15.8 Å². The minimum atomic E-state index is -3.17. The van der Waals surface area contributed by atoms with Crippen molar-refractivity contribution >= 4 is 33.3 Å². The van der Waals surface area contributed by atoms with Gasteiger partial charge in [0.15, 0.2) is 9.84 Å². The molecule has 1 atom stereocenters. The molecule has 0 spiro atoms. The Labute approximate surface area is 179 Å². The van der Waals surface area contributed by atoms with Crippen LogP contribution in [-0.2, 0) is 14.6 Å². The van der Waals surface area contributed by atoms with Crippen LogP contribution in [0.2, 0.25) is 0 Å². The number of hydrogen-bond acceptors (Lipinski definition) is 7. The Morgan fingerprint density at radius 3 is 2.71 bits per heavy atom. The first-order valence-corrected chi connectivity index (χ1v) is 12.1. The Morgan fingerprint density at radius 1 is 1.26 bits per heavy atom. The van der Waals surface area contributed by atoms with E-state index in [1.54, 1.807) is 24.4 Å². The first-order chi connectivity index (χ1) is 14.9. The van der Waals surface area contributed by atoms with Gasteiger partial charge >= 0.3 is 0 Å². The molecule has 2 aromatic heterocycles. The van der Waals surface area contributed by atoms with E-state index >= 15 is 0 Å². The second-order valence-electron chi connectivity index (χ2n) is 7.87. The lowest BCUT2D eigenvalue weighted by molar-refractivity contribution is -0.117. The summed E-state index contributed by atoms with van der Waals surface area (Å²) < 4.78 is 24.7. The maximum atomic E-state index is 13.2. The minimum Gasteiger partial charge on any atom is -0.356 e. The monoisotopic (exact) mass is 441 g/mol. The zero-order chi connectivity index (χ0) is 22.0. The summed E-state index contributed by atoms with van der Waals surface area (Å²) in [7, 11) is -3.17. The second kappa shape index (κ2) is 8.51. The first kappa shape index (κ1) is 21.1. The van der Waals surface area contributed by atoms with Crippen LogP contribution in [0.3, 0.4) is 0 Å². The Kier molecular flexibility index (Phi) is 5.78. The third-order valence-corrected chi connectivity index (χ3v) is 7.39. The molecule has 0 radical (unpaired) electrons. The lowest BCUT2D eigenvalue weighted by Gasteiger charge is -2.29. The van der Waals surface area contributed by atoms with Gasteiger partial charge < -0.3 is 10.2 Å². The van der Waals surface area contributed by atoms with E-state index in [4.69, 9.17) is 0 Å². The van der Waals surface area contributed by atoms with E-state index in [9.17, 15) is 23.3 Å². The maximum Gasteiger partial charge on any atom is 0.267 e. The maximum absolute atomic E-state index is 13.2. The van der Waals surface area contributed by atoms with Gasteiger partial charge in [0, 0.05) is 25.3 Å². The van der Waals surface area contributed by atoms with Gasteiger partial charge in [-0.15, -0.1) is 0 Å². The zero-order valence-corrected chi connectivity index (χ0v) is 17.8. The van der Waals surface area contributed by atoms with Crippen molar-refractivity contribution in [1.82, 2.24) is 14.7 Å². The largest absolute Gasteiger partial charge is 0.356 e. The van der Waals surface area contributed by atoms with Crippen molar-refractivity contribution < 1.29 is 13.2 Å². The van der Waals surface area contributed by atoms with Crippen LogP contribution in [0.4, 0.5) is 5.82 Å². The topological polar surface area (TPSA) is 125 Å². The Hall–Kier alpha value is -3.19. The van der Waals surface area contributed by atoms with E-state index in [2.05, 4.69) is 10.3 Å². The number of sulfone groups is 1. The standard InChI is InChI=1S/C21H23N5O4S/c22-13-15(20(27)23-16-7-11-31(29,30)14-16)12-17-19(25-8-3-1-4-9-25)24-18-6-2-5-10-26(18)21(17)28/h2,5-6,10,12,16H,1,3-4,7-9,11,14H2,(H,23,27). The van der Waals surface area contributed by atoms with Crippen molar-refractivity contribution in [3.05, 3.63) is 45.9 Å². The number of rotatable bonds is 4. The highest BCUT2D eigenvalue weighted by Gasteiger charge is 2.30. The molecule has 1 amide bonds. The van der Waals surface area contributed by atoms with Gasteiger partial charge in [0.2, 0.25) is 0 Å². The Morgan fingerprint density at radius 2 is 2.03 bits per heavy atom. The lowest BCUT2D eigenvalue weighted by atomic mass is 10.1. The van der Waals surface area contributed by atoms with Gasteiger partial charge in [0.05, 0.1) is 17.1 Å². The number of nitrogens with zero attached hydrogens (tertiary/aromatic N) is 4. The molecule has 4 heterocycles. The van der Waals surface area contributed by atoms with E-state index in [0.29, 0.717) is 17.9 Å². The summed E-state index contributed by atoms with van der Waals surface area (Å²) in [6.45, 7) is 1.48. The predicted octanol–water partition coefficient (Wildman–Crippen LogP) is 0.895. The Balaban J connectivity index is 1.74. The SMILES string of the molecule is N#CC(=Cc1c(N2CCCCC2)nc2ccccn2c1=O)C(=O)NC1CCS(=O)(=O)C1. The number of anilines is 1. The number of nitriles is 1. The molecule has 1 unspecified atom stereocenters. The fourth-order valence-electron chi connectivity index (χ4n) is 4.03. The van der Waals surface area contributed by atoms with Crippen LogP contribution in [0.5, 0.6) is 0 Å². The highest BCUT2D eigenvalue weighted by atomic mass is 32.2. The number of nitrogens with one attached hydrogen (secondary N) is 1. The van der Waals surface area contributed by atoms with Crippen molar-refractivity contribution in [3.63, 3.8) is 0 Å².